The SMILES string of the molecule is [CH2]C(Cl)(OC(C)=O)C(=O)OCC. The van der Waals surface area contributed by atoms with E-state index in [4.69, 9.17) is 11.6 Å². The van der Waals surface area contributed by atoms with Crippen molar-refractivity contribution in [1.82, 2.24) is 0 Å². The second-order valence-corrected chi connectivity index (χ2v) is 2.65. The second-order valence-electron chi connectivity index (χ2n) is 2.04. The first-order valence-corrected chi connectivity index (χ1v) is 3.69. The number of hydrogen-bond acceptors (Lipinski definition) is 4. The van der Waals surface area contributed by atoms with Crippen molar-refractivity contribution >= 4 is 23.5 Å². The number of halogens is 1. The van der Waals surface area contributed by atoms with Gasteiger partial charge in [-0.1, -0.05) is 11.6 Å². The summed E-state index contributed by atoms with van der Waals surface area (Å²) in [6, 6.07) is 0. The number of rotatable bonds is 3. The van der Waals surface area contributed by atoms with E-state index in [-0.39, 0.29) is 6.61 Å². The van der Waals surface area contributed by atoms with Crippen LogP contribution in [0.3, 0.4) is 0 Å². The molecule has 0 aliphatic rings. The lowest BCUT2D eigenvalue weighted by molar-refractivity contribution is -0.167. The maximum Gasteiger partial charge on any atom is 0.366 e. The summed E-state index contributed by atoms with van der Waals surface area (Å²) in [5.74, 6) is -1.56. The minimum atomic E-state index is -1.96. The molecule has 0 spiro atoms. The predicted octanol–water partition coefficient (Wildman–Crippen LogP) is 0.882. The van der Waals surface area contributed by atoms with E-state index in [2.05, 4.69) is 16.4 Å². The molecule has 0 N–H and O–H groups in total. The first-order chi connectivity index (χ1) is 5.40. The highest BCUT2D eigenvalue weighted by molar-refractivity contribution is 6.33. The van der Waals surface area contributed by atoms with Crippen LogP contribution >= 0.6 is 11.6 Å². The molecule has 1 radical (unpaired) electrons. The van der Waals surface area contributed by atoms with Gasteiger partial charge in [0, 0.05) is 13.8 Å². The van der Waals surface area contributed by atoms with Gasteiger partial charge in [0.1, 0.15) is 0 Å². The molecular weight excluding hydrogens is 184 g/mol. The molecule has 0 saturated heterocycles. The zero-order chi connectivity index (χ0) is 9.78. The Bertz CT molecular complexity index is 188. The molecule has 0 heterocycles. The molecule has 0 bridgehead atoms. The standard InChI is InChI=1S/C7H10ClO4/c1-4-11-6(10)7(3,8)12-5(2)9/h3-4H2,1-2H3. The van der Waals surface area contributed by atoms with E-state index in [0.29, 0.717) is 0 Å². The average Bonchev–Trinajstić information content (AvgIpc) is 1.85. The zero-order valence-corrected chi connectivity index (χ0v) is 7.68. The molecule has 1 atom stereocenters. The Morgan fingerprint density at radius 3 is 2.42 bits per heavy atom. The third-order valence-electron chi connectivity index (χ3n) is 0.886. The molecule has 0 saturated carbocycles. The van der Waals surface area contributed by atoms with Crippen molar-refractivity contribution in [1.29, 1.82) is 0 Å². The van der Waals surface area contributed by atoms with Gasteiger partial charge in [-0.15, -0.1) is 0 Å². The highest BCUT2D eigenvalue weighted by Gasteiger charge is 2.35. The van der Waals surface area contributed by atoms with Crippen LogP contribution in [0.5, 0.6) is 0 Å². The van der Waals surface area contributed by atoms with Gasteiger partial charge in [0.25, 0.3) is 5.06 Å². The minimum Gasteiger partial charge on any atom is -0.462 e. The lowest BCUT2D eigenvalue weighted by Crippen LogP contribution is -2.36. The largest absolute Gasteiger partial charge is 0.462 e. The van der Waals surface area contributed by atoms with E-state index in [1.165, 1.54) is 0 Å². The third-order valence-corrected chi connectivity index (χ3v) is 1.12. The molecule has 0 aromatic rings. The molecule has 0 aliphatic heterocycles. The second kappa shape index (κ2) is 4.30. The van der Waals surface area contributed by atoms with Crippen LogP contribution in [0.2, 0.25) is 0 Å². The van der Waals surface area contributed by atoms with E-state index in [9.17, 15) is 9.59 Å². The monoisotopic (exact) mass is 193 g/mol. The lowest BCUT2D eigenvalue weighted by Gasteiger charge is -2.18. The van der Waals surface area contributed by atoms with Gasteiger partial charge in [0.05, 0.1) is 6.61 Å². The van der Waals surface area contributed by atoms with Crippen molar-refractivity contribution in [2.45, 2.75) is 18.9 Å². The van der Waals surface area contributed by atoms with Crippen LogP contribution in [-0.2, 0) is 19.1 Å². The van der Waals surface area contributed by atoms with Gasteiger partial charge in [-0.25, -0.2) is 4.79 Å². The maximum atomic E-state index is 10.9. The summed E-state index contributed by atoms with van der Waals surface area (Å²) in [6.07, 6.45) is 0. The molecule has 0 aromatic heterocycles. The fraction of sp³-hybridized carbons (Fsp3) is 0.571. The van der Waals surface area contributed by atoms with Crippen molar-refractivity contribution < 1.29 is 19.1 Å². The normalized spacial score (nSPS) is 14.7. The molecule has 0 aliphatic carbocycles. The number of carbonyl (C=O) groups excluding carboxylic acids is 2. The van der Waals surface area contributed by atoms with E-state index in [1.54, 1.807) is 6.92 Å². The summed E-state index contributed by atoms with van der Waals surface area (Å²) in [7, 11) is 0. The third kappa shape index (κ3) is 3.57. The molecule has 69 valence electrons. The van der Waals surface area contributed by atoms with Gasteiger partial charge >= 0.3 is 11.9 Å². The van der Waals surface area contributed by atoms with Gasteiger partial charge < -0.3 is 9.47 Å². The summed E-state index contributed by atoms with van der Waals surface area (Å²) < 4.78 is 8.89. The van der Waals surface area contributed by atoms with Crippen LogP contribution in [0, 0.1) is 6.92 Å². The number of esters is 2. The maximum absolute atomic E-state index is 10.9. The number of carbonyl (C=O) groups is 2. The molecular formula is C7H10ClO4. The first-order valence-electron chi connectivity index (χ1n) is 3.31. The molecule has 0 aromatic carbocycles. The molecule has 0 amide bonds. The number of hydrogen-bond donors (Lipinski definition) is 0. The zero-order valence-electron chi connectivity index (χ0n) is 6.93. The van der Waals surface area contributed by atoms with Crippen LogP contribution in [0.1, 0.15) is 13.8 Å². The summed E-state index contributed by atoms with van der Waals surface area (Å²) in [5.41, 5.74) is 0. The Morgan fingerprint density at radius 1 is 1.58 bits per heavy atom. The lowest BCUT2D eigenvalue weighted by atomic mass is 10.4. The van der Waals surface area contributed by atoms with E-state index in [0.717, 1.165) is 6.92 Å². The van der Waals surface area contributed by atoms with Crippen molar-refractivity contribution in [3.63, 3.8) is 0 Å². The van der Waals surface area contributed by atoms with Crippen molar-refractivity contribution in [3.05, 3.63) is 6.92 Å². The van der Waals surface area contributed by atoms with Gasteiger partial charge in [0.2, 0.25) is 0 Å². The minimum absolute atomic E-state index is 0.157. The van der Waals surface area contributed by atoms with E-state index < -0.39 is 17.0 Å². The molecule has 0 rings (SSSR count). The van der Waals surface area contributed by atoms with Crippen molar-refractivity contribution in [2.24, 2.45) is 0 Å². The highest BCUT2D eigenvalue weighted by atomic mass is 35.5. The molecule has 0 fully saturated rings. The number of ether oxygens (including phenoxy) is 2. The molecule has 12 heavy (non-hydrogen) atoms. The Kier molecular flexibility index (Phi) is 4.03. The molecule has 1 unspecified atom stereocenters. The van der Waals surface area contributed by atoms with Crippen LogP contribution in [0.15, 0.2) is 0 Å². The first kappa shape index (κ1) is 11.2. The van der Waals surface area contributed by atoms with Gasteiger partial charge in [-0.2, -0.15) is 0 Å². The summed E-state index contributed by atoms with van der Waals surface area (Å²) in [4.78, 5) is 21.3. The summed E-state index contributed by atoms with van der Waals surface area (Å²) in [6.45, 7) is 6.07. The van der Waals surface area contributed by atoms with Crippen LogP contribution < -0.4 is 0 Å². The summed E-state index contributed by atoms with van der Waals surface area (Å²) >= 11 is 5.43. The van der Waals surface area contributed by atoms with Crippen LogP contribution in [0.4, 0.5) is 0 Å². The van der Waals surface area contributed by atoms with Gasteiger partial charge in [-0.3, -0.25) is 4.79 Å². The molecule has 4 nitrogen and oxygen atoms in total. The Labute approximate surface area is 75.8 Å². The molecule has 5 heteroatoms. The topological polar surface area (TPSA) is 52.6 Å². The Balaban J connectivity index is 4.18. The number of alkyl halides is 1. The van der Waals surface area contributed by atoms with Crippen molar-refractivity contribution in [3.8, 4) is 0 Å². The van der Waals surface area contributed by atoms with E-state index >= 15 is 0 Å². The summed E-state index contributed by atoms with van der Waals surface area (Å²) in [5, 5.41) is -1.96. The van der Waals surface area contributed by atoms with Gasteiger partial charge in [-0.05, 0) is 6.92 Å². The van der Waals surface area contributed by atoms with Crippen LogP contribution in [0.25, 0.3) is 0 Å². The average molecular weight is 194 g/mol. The van der Waals surface area contributed by atoms with Crippen molar-refractivity contribution in [2.75, 3.05) is 6.61 Å². The van der Waals surface area contributed by atoms with Crippen LogP contribution in [-0.4, -0.2) is 23.6 Å². The fourth-order valence-corrected chi connectivity index (χ4v) is 0.672. The van der Waals surface area contributed by atoms with Gasteiger partial charge in [0.15, 0.2) is 0 Å². The Hall–Kier alpha value is -0.770. The smallest absolute Gasteiger partial charge is 0.366 e. The van der Waals surface area contributed by atoms with E-state index in [1.807, 2.05) is 0 Å². The Morgan fingerprint density at radius 2 is 2.08 bits per heavy atom. The predicted molar refractivity (Wildman–Crippen MR) is 42.3 cm³/mol. The fourth-order valence-electron chi connectivity index (χ4n) is 0.508. The highest BCUT2D eigenvalue weighted by Crippen LogP contribution is 2.17. The quantitative estimate of drug-likeness (QED) is 0.493.